The van der Waals surface area contributed by atoms with E-state index in [1.54, 1.807) is 6.21 Å². The number of hydrazone groups is 1. The summed E-state index contributed by atoms with van der Waals surface area (Å²) in [4.78, 5) is 4.59. The lowest BCUT2D eigenvalue weighted by atomic mass is 10.2. The number of anilines is 1. The number of nitrogens with one attached hydrogen (secondary N) is 1. The normalized spacial score (nSPS) is 11.5. The highest BCUT2D eigenvalue weighted by atomic mass is 79.9. The van der Waals surface area contributed by atoms with Gasteiger partial charge in [0.25, 0.3) is 5.95 Å². The largest absolute Gasteiger partial charge is 0.488 e. The lowest BCUT2D eigenvalue weighted by Gasteiger charge is -2.10. The highest BCUT2D eigenvalue weighted by molar-refractivity contribution is 9.10. The minimum atomic E-state index is 0.294. The van der Waals surface area contributed by atoms with Gasteiger partial charge in [-0.2, -0.15) is 10.1 Å². The van der Waals surface area contributed by atoms with Crippen molar-refractivity contribution in [1.82, 2.24) is 19.7 Å². The number of halogens is 3. The maximum Gasteiger partial charge on any atom is 0.265 e. The molecule has 5 aromatic rings. The monoisotopic (exact) mass is 598 g/mol. The maximum atomic E-state index is 6.25. The fraction of sp³-hybridized carbons (Fsp3) is 0.0833. The summed E-state index contributed by atoms with van der Waals surface area (Å²) in [5, 5.41) is 14.5. The summed E-state index contributed by atoms with van der Waals surface area (Å²) in [6.07, 6.45) is 1.65. The van der Waals surface area contributed by atoms with Crippen molar-refractivity contribution in [1.29, 1.82) is 0 Å². The molecule has 3 aromatic carbocycles. The zero-order valence-electron chi connectivity index (χ0n) is 17.8. The van der Waals surface area contributed by atoms with Crippen LogP contribution < -0.4 is 10.2 Å². The Bertz CT molecular complexity index is 1550. The van der Waals surface area contributed by atoms with Gasteiger partial charge >= 0.3 is 0 Å². The molecule has 0 bridgehead atoms. The predicted molar refractivity (Wildman–Crippen MR) is 143 cm³/mol. The van der Waals surface area contributed by atoms with Gasteiger partial charge in [-0.25, -0.2) is 5.43 Å². The van der Waals surface area contributed by atoms with Gasteiger partial charge in [-0.1, -0.05) is 61.7 Å². The molecule has 170 valence electrons. The van der Waals surface area contributed by atoms with Gasteiger partial charge in [0.15, 0.2) is 5.65 Å². The van der Waals surface area contributed by atoms with Crippen molar-refractivity contribution in [3.05, 3.63) is 85.8 Å². The van der Waals surface area contributed by atoms with Gasteiger partial charge in [-0.3, -0.25) is 0 Å². The Hall–Kier alpha value is -3.01. The van der Waals surface area contributed by atoms with Crippen LogP contribution in [0.1, 0.15) is 11.1 Å². The number of rotatable bonds is 6. The van der Waals surface area contributed by atoms with Crippen LogP contribution in [0.15, 0.2) is 74.7 Å². The Morgan fingerprint density at radius 2 is 1.85 bits per heavy atom. The van der Waals surface area contributed by atoms with E-state index >= 15 is 0 Å². The zero-order chi connectivity index (χ0) is 23.7. The van der Waals surface area contributed by atoms with E-state index in [0.717, 1.165) is 36.5 Å². The van der Waals surface area contributed by atoms with Gasteiger partial charge in [-0.05, 0) is 42.5 Å². The fourth-order valence-corrected chi connectivity index (χ4v) is 4.49. The zero-order valence-corrected chi connectivity index (χ0v) is 21.8. The number of benzene rings is 3. The van der Waals surface area contributed by atoms with Crippen LogP contribution in [0.2, 0.25) is 5.02 Å². The minimum Gasteiger partial charge on any atom is -0.488 e. The molecule has 5 rings (SSSR count). The topological polar surface area (TPSA) is 77.2 Å². The molecular weight excluding hydrogens is 584 g/mol. The minimum absolute atomic E-state index is 0.294. The molecule has 0 radical (unpaired) electrons. The third kappa shape index (κ3) is 4.64. The van der Waals surface area contributed by atoms with Gasteiger partial charge in [0, 0.05) is 37.5 Å². The van der Waals surface area contributed by atoms with Crippen LogP contribution in [0.5, 0.6) is 5.75 Å². The van der Waals surface area contributed by atoms with Gasteiger partial charge in [0.05, 0.1) is 11.7 Å². The number of aromatic nitrogens is 4. The van der Waals surface area contributed by atoms with Crippen LogP contribution >= 0.6 is 43.5 Å². The quantitative estimate of drug-likeness (QED) is 0.173. The van der Waals surface area contributed by atoms with Gasteiger partial charge in [-0.15, -0.1) is 10.2 Å². The van der Waals surface area contributed by atoms with Crippen LogP contribution in [0.4, 0.5) is 5.95 Å². The van der Waals surface area contributed by atoms with E-state index in [1.807, 2.05) is 72.3 Å². The second-order valence-electron chi connectivity index (χ2n) is 7.46. The van der Waals surface area contributed by atoms with Gasteiger partial charge < -0.3 is 9.30 Å². The van der Waals surface area contributed by atoms with E-state index in [9.17, 15) is 0 Å². The molecule has 34 heavy (non-hydrogen) atoms. The van der Waals surface area contributed by atoms with Gasteiger partial charge in [0.2, 0.25) is 0 Å². The molecule has 0 unspecified atom stereocenters. The summed E-state index contributed by atoms with van der Waals surface area (Å²) in [6.45, 7) is 0.344. The molecule has 0 atom stereocenters. The number of nitrogens with zero attached hydrogens (tertiary/aromatic N) is 5. The van der Waals surface area contributed by atoms with Crippen molar-refractivity contribution in [2.24, 2.45) is 12.1 Å². The SMILES string of the molecule is Cn1c2ccc(Br)cc2c2nnc(N/N=C/c3cc(Br)ccc3OCc3ccccc3Cl)nc21. The molecule has 0 saturated heterocycles. The first kappa shape index (κ1) is 22.8. The van der Waals surface area contributed by atoms with Gasteiger partial charge in [0.1, 0.15) is 17.9 Å². The van der Waals surface area contributed by atoms with E-state index in [0.29, 0.717) is 29.0 Å². The lowest BCUT2D eigenvalue weighted by molar-refractivity contribution is 0.306. The molecule has 0 spiro atoms. The second-order valence-corrected chi connectivity index (χ2v) is 9.70. The lowest BCUT2D eigenvalue weighted by Crippen LogP contribution is -2.02. The third-order valence-electron chi connectivity index (χ3n) is 5.24. The van der Waals surface area contributed by atoms with Crippen molar-refractivity contribution in [2.45, 2.75) is 6.61 Å². The average Bonchev–Trinajstić information content (AvgIpc) is 3.10. The Kier molecular flexibility index (Phi) is 6.49. The van der Waals surface area contributed by atoms with Crippen molar-refractivity contribution in [3.63, 3.8) is 0 Å². The highest BCUT2D eigenvalue weighted by Crippen LogP contribution is 2.28. The Morgan fingerprint density at radius 1 is 1.06 bits per heavy atom. The first-order valence-corrected chi connectivity index (χ1v) is 12.2. The van der Waals surface area contributed by atoms with Crippen molar-refractivity contribution >= 4 is 77.7 Å². The summed E-state index contributed by atoms with van der Waals surface area (Å²) < 4.78 is 9.86. The van der Waals surface area contributed by atoms with E-state index in [4.69, 9.17) is 16.3 Å². The number of hydrogen-bond acceptors (Lipinski definition) is 6. The molecule has 0 amide bonds. The molecule has 0 fully saturated rings. The first-order chi connectivity index (χ1) is 16.5. The third-order valence-corrected chi connectivity index (χ3v) is 6.60. The molecular formula is C24H17Br2ClN6O. The first-order valence-electron chi connectivity index (χ1n) is 10.2. The molecule has 0 aliphatic heterocycles. The average molecular weight is 601 g/mol. The van der Waals surface area contributed by atoms with E-state index in [1.165, 1.54) is 0 Å². The fourth-order valence-electron chi connectivity index (χ4n) is 3.56. The Labute approximate surface area is 217 Å². The standard InChI is InChI=1S/C24H17Br2ClN6O/c1-33-20-8-6-17(26)11-18(20)22-23(33)29-24(32-30-22)31-28-12-15-10-16(25)7-9-21(15)34-13-14-4-2-3-5-19(14)27/h2-12H,13H2,1H3,(H,29,31,32)/b28-12+. The molecule has 10 heteroatoms. The molecule has 2 aromatic heterocycles. The van der Waals surface area contributed by atoms with Crippen molar-refractivity contribution in [2.75, 3.05) is 5.43 Å². The van der Waals surface area contributed by atoms with Crippen LogP contribution in [0.3, 0.4) is 0 Å². The summed E-state index contributed by atoms with van der Waals surface area (Å²) in [5.74, 6) is 0.963. The number of aryl methyl sites for hydroxylation is 1. The number of fused-ring (bicyclic) bond motifs is 3. The Morgan fingerprint density at radius 3 is 2.71 bits per heavy atom. The molecule has 0 saturated carbocycles. The van der Waals surface area contributed by atoms with Crippen LogP contribution in [-0.2, 0) is 13.7 Å². The van der Waals surface area contributed by atoms with Crippen LogP contribution in [0.25, 0.3) is 22.1 Å². The molecule has 7 nitrogen and oxygen atoms in total. The van der Waals surface area contributed by atoms with E-state index < -0.39 is 0 Å². The summed E-state index contributed by atoms with van der Waals surface area (Å²) in [5.41, 5.74) is 7.02. The summed E-state index contributed by atoms with van der Waals surface area (Å²) in [6, 6.07) is 19.3. The van der Waals surface area contributed by atoms with Crippen LogP contribution in [0, 0.1) is 0 Å². The number of ether oxygens (including phenoxy) is 1. The summed E-state index contributed by atoms with van der Waals surface area (Å²) in [7, 11) is 1.95. The summed E-state index contributed by atoms with van der Waals surface area (Å²) >= 11 is 13.3. The Balaban J connectivity index is 1.37. The number of hydrogen-bond donors (Lipinski definition) is 1. The molecule has 1 N–H and O–H groups in total. The highest BCUT2D eigenvalue weighted by Gasteiger charge is 2.13. The van der Waals surface area contributed by atoms with E-state index in [2.05, 4.69) is 57.6 Å². The molecule has 0 aliphatic rings. The predicted octanol–water partition coefficient (Wildman–Crippen LogP) is 6.72. The van der Waals surface area contributed by atoms with E-state index in [-0.39, 0.29) is 0 Å². The molecule has 2 heterocycles. The smallest absolute Gasteiger partial charge is 0.265 e. The second kappa shape index (κ2) is 9.69. The molecule has 0 aliphatic carbocycles. The maximum absolute atomic E-state index is 6.25. The van der Waals surface area contributed by atoms with Crippen molar-refractivity contribution in [3.8, 4) is 5.75 Å². The van der Waals surface area contributed by atoms with Crippen LogP contribution in [-0.4, -0.2) is 26.0 Å². The van der Waals surface area contributed by atoms with Crippen molar-refractivity contribution < 1.29 is 4.74 Å².